The van der Waals surface area contributed by atoms with Gasteiger partial charge in [-0.3, -0.25) is 4.52 Å². The van der Waals surface area contributed by atoms with E-state index >= 15 is 0 Å². The molecule has 14 heteroatoms. The minimum atomic E-state index is -1.79. The Labute approximate surface area is 290 Å². The minimum Gasteiger partial charge on any atom is -0.425 e. The van der Waals surface area contributed by atoms with Crippen molar-refractivity contribution < 1.29 is 33.3 Å². The van der Waals surface area contributed by atoms with Crippen molar-refractivity contribution >= 4 is 31.5 Å². The van der Waals surface area contributed by atoms with Gasteiger partial charge in [0, 0.05) is 6.61 Å². The van der Waals surface area contributed by atoms with Crippen LogP contribution in [0.1, 0.15) is 97.1 Å². The molecule has 0 bridgehead atoms. The highest BCUT2D eigenvalue weighted by Gasteiger charge is 2.45. The molecule has 3 aromatic rings. The summed E-state index contributed by atoms with van der Waals surface area (Å²) in [6, 6.07) is 13.1. The molecule has 0 aliphatic carbocycles. The van der Waals surface area contributed by atoms with E-state index in [9.17, 15) is 5.26 Å². The first-order valence-electron chi connectivity index (χ1n) is 16.7. The number of benzene rings is 1. The van der Waals surface area contributed by atoms with Crippen molar-refractivity contribution in [2.45, 2.75) is 109 Å². The number of aliphatic hydroxyl groups is 2. The van der Waals surface area contributed by atoms with Gasteiger partial charge in [0.1, 0.15) is 23.7 Å². The van der Waals surface area contributed by atoms with Crippen molar-refractivity contribution in [3.63, 3.8) is 0 Å². The monoisotopic (exact) mass is 707 g/mol. The minimum absolute atomic E-state index is 0.180. The number of para-hydroxylation sites is 1. The average molecular weight is 708 g/mol. The third kappa shape index (κ3) is 13.7. The van der Waals surface area contributed by atoms with Crippen molar-refractivity contribution in [2.75, 3.05) is 32.2 Å². The average Bonchev–Trinajstić information content (AvgIpc) is 3.68. The van der Waals surface area contributed by atoms with Gasteiger partial charge in [-0.15, -0.1) is 0 Å². The van der Waals surface area contributed by atoms with Crippen LogP contribution in [0.25, 0.3) is 5.52 Å². The lowest BCUT2D eigenvalue weighted by molar-refractivity contribution is -0.127. The number of unbranched alkanes of at least 4 members (excludes halogenated alkanes) is 8. The molecule has 3 heterocycles. The number of nitriles is 1. The fraction of sp³-hybridized carbons (Fsp3) is 0.618. The molecule has 0 amide bonds. The molecule has 0 saturated carbocycles. The summed E-state index contributed by atoms with van der Waals surface area (Å²) < 4.78 is 31.7. The van der Waals surface area contributed by atoms with E-state index in [2.05, 4.69) is 23.1 Å². The number of nitrogens with zero attached hydrogens (tertiary/aromatic N) is 4. The largest absolute Gasteiger partial charge is 0.425 e. The lowest BCUT2D eigenvalue weighted by Crippen LogP contribution is -2.28. The molecule has 12 nitrogen and oxygen atoms in total. The van der Waals surface area contributed by atoms with E-state index in [1.54, 1.807) is 28.8 Å². The Kier molecular flexibility index (Phi) is 17.3. The number of halogens is 1. The number of nitrogen functional groups attached to an aromatic ring is 1. The first-order chi connectivity index (χ1) is 23.1. The van der Waals surface area contributed by atoms with Gasteiger partial charge in [-0.25, -0.2) is 9.50 Å². The maximum Gasteiger partial charge on any atom is 0.397 e. The summed E-state index contributed by atoms with van der Waals surface area (Å²) in [5.41, 5.74) is 6.03. The summed E-state index contributed by atoms with van der Waals surface area (Å²) in [7, 11) is -1.79. The van der Waals surface area contributed by atoms with Crippen molar-refractivity contribution in [3.8, 4) is 11.8 Å². The molecule has 266 valence electrons. The predicted octanol–water partition coefficient (Wildman–Crippen LogP) is 7.46. The van der Waals surface area contributed by atoms with Crippen LogP contribution < -0.4 is 10.3 Å². The number of hydrogen-bond donors (Lipinski definition) is 3. The van der Waals surface area contributed by atoms with E-state index in [0.29, 0.717) is 60.5 Å². The zero-order valence-corrected chi connectivity index (χ0v) is 30.0. The fourth-order valence-electron chi connectivity index (χ4n) is 5.09. The van der Waals surface area contributed by atoms with Crippen molar-refractivity contribution in [1.29, 1.82) is 5.26 Å². The van der Waals surface area contributed by atoms with E-state index < -0.39 is 20.0 Å². The Balaban J connectivity index is 0.00000116. The number of anilines is 1. The third-order valence-corrected chi connectivity index (χ3v) is 8.87. The number of rotatable bonds is 20. The van der Waals surface area contributed by atoms with Crippen LogP contribution in [0.4, 0.5) is 5.82 Å². The second kappa shape index (κ2) is 20.8. The molecular formula is C34H51ClN5O7P. The van der Waals surface area contributed by atoms with Gasteiger partial charge in [0.05, 0.1) is 36.6 Å². The second-order valence-electron chi connectivity index (χ2n) is 12.2. The van der Waals surface area contributed by atoms with Gasteiger partial charge < -0.3 is 34.5 Å². The van der Waals surface area contributed by atoms with Crippen LogP contribution in [-0.4, -0.2) is 63.1 Å². The summed E-state index contributed by atoms with van der Waals surface area (Å²) in [6.45, 7) is 6.49. The molecule has 1 saturated heterocycles. The zero-order valence-electron chi connectivity index (χ0n) is 28.4. The molecule has 4 rings (SSSR count). The summed E-state index contributed by atoms with van der Waals surface area (Å²) in [6.07, 6.45) is 13.6. The molecule has 2 aromatic heterocycles. The van der Waals surface area contributed by atoms with Crippen molar-refractivity contribution in [3.05, 3.63) is 53.4 Å². The number of aromatic nitrogens is 3. The number of ether oxygens (including phenoxy) is 2. The van der Waals surface area contributed by atoms with Crippen LogP contribution in [0.15, 0.2) is 42.7 Å². The topological polar surface area (TPSA) is 167 Å². The van der Waals surface area contributed by atoms with Crippen molar-refractivity contribution in [1.82, 2.24) is 14.6 Å². The molecule has 1 aliphatic heterocycles. The molecule has 1 fully saturated rings. The summed E-state index contributed by atoms with van der Waals surface area (Å²) >= 11 is 6.32. The lowest BCUT2D eigenvalue weighted by Gasteiger charge is -2.23. The molecule has 4 N–H and O–H groups in total. The summed E-state index contributed by atoms with van der Waals surface area (Å²) in [5, 5.41) is 31.0. The quantitative estimate of drug-likeness (QED) is 0.0606. The van der Waals surface area contributed by atoms with E-state index in [4.69, 9.17) is 50.6 Å². The Hall–Kier alpha value is -2.59. The fourth-order valence-corrected chi connectivity index (χ4v) is 6.33. The molecule has 0 spiro atoms. The Morgan fingerprint density at radius 2 is 1.73 bits per heavy atom. The van der Waals surface area contributed by atoms with Crippen LogP contribution in [0.3, 0.4) is 0 Å². The number of fused-ring (bicyclic) bond motifs is 1. The van der Waals surface area contributed by atoms with E-state index in [-0.39, 0.29) is 12.7 Å². The van der Waals surface area contributed by atoms with Crippen LogP contribution in [0, 0.1) is 11.3 Å². The predicted molar refractivity (Wildman–Crippen MR) is 186 cm³/mol. The third-order valence-electron chi connectivity index (χ3n) is 7.45. The lowest BCUT2D eigenvalue weighted by atomic mass is 9.98. The normalized spacial score (nSPS) is 18.3. The highest BCUT2D eigenvalue weighted by Crippen LogP contribution is 2.45. The molecule has 48 heavy (non-hydrogen) atoms. The Morgan fingerprint density at radius 3 is 2.42 bits per heavy atom. The van der Waals surface area contributed by atoms with Gasteiger partial charge >= 0.3 is 8.60 Å². The van der Waals surface area contributed by atoms with E-state index in [1.165, 1.54) is 71.5 Å². The Bertz CT molecular complexity index is 1400. The highest BCUT2D eigenvalue weighted by atomic mass is 35.5. The van der Waals surface area contributed by atoms with Crippen LogP contribution in [-0.2, 0) is 24.1 Å². The standard InChI is InChI=1S/C31H43ClN5O5P.C3H8O2/c1-2-3-4-5-6-7-8-9-12-19-38-20-21-39-43(42-28-14-11-10-13-26(28)32)40-22-25-17-18-31(23-33,41-25)29-16-15-27-30(34)35-24-36-37(27)29;1-3(2,4)5/h10-11,13-16,24-25H,2-9,12,17-22H2,1H3,(H2,34,35,36);4-5H,1-2H3. The summed E-state index contributed by atoms with van der Waals surface area (Å²) in [4.78, 5) is 4.02. The van der Waals surface area contributed by atoms with Crippen LogP contribution >= 0.6 is 20.2 Å². The van der Waals surface area contributed by atoms with Gasteiger partial charge in [0.2, 0.25) is 0 Å². The van der Waals surface area contributed by atoms with Crippen molar-refractivity contribution in [2.24, 2.45) is 0 Å². The molecule has 3 atom stereocenters. The smallest absolute Gasteiger partial charge is 0.397 e. The van der Waals surface area contributed by atoms with Gasteiger partial charge in [-0.2, -0.15) is 10.4 Å². The van der Waals surface area contributed by atoms with E-state index in [1.807, 2.05) is 12.1 Å². The summed E-state index contributed by atoms with van der Waals surface area (Å²) in [5.74, 6) is -0.689. The first-order valence-corrected chi connectivity index (χ1v) is 18.2. The molecule has 1 aliphatic rings. The van der Waals surface area contributed by atoms with Gasteiger partial charge in [0.15, 0.2) is 17.2 Å². The molecule has 3 unspecified atom stereocenters. The molecular weight excluding hydrogens is 657 g/mol. The molecule has 1 aromatic carbocycles. The Morgan fingerprint density at radius 1 is 1.04 bits per heavy atom. The van der Waals surface area contributed by atoms with Crippen LogP contribution in [0.2, 0.25) is 5.02 Å². The van der Waals surface area contributed by atoms with Crippen LogP contribution in [0.5, 0.6) is 5.75 Å². The second-order valence-corrected chi connectivity index (χ2v) is 13.7. The molecule has 0 radical (unpaired) electrons. The van der Waals surface area contributed by atoms with Gasteiger partial charge in [0.25, 0.3) is 0 Å². The number of hydrogen-bond acceptors (Lipinski definition) is 11. The SMILES string of the molecule is CC(C)(O)O.CCCCCCCCCCCOCCOP(OCC1CCC(C#N)(c2ccc3c(N)ncnn23)O1)Oc1ccccc1Cl. The maximum atomic E-state index is 10.1. The van der Waals surface area contributed by atoms with E-state index in [0.717, 1.165) is 6.42 Å². The number of nitrogens with two attached hydrogens (primary N) is 1. The van der Waals surface area contributed by atoms with Gasteiger partial charge in [-0.1, -0.05) is 82.0 Å². The first kappa shape index (κ1) is 39.8. The highest BCUT2D eigenvalue weighted by molar-refractivity contribution is 7.42. The zero-order chi connectivity index (χ0) is 34.8. The van der Waals surface area contributed by atoms with Gasteiger partial charge in [-0.05, 0) is 57.4 Å². The maximum absolute atomic E-state index is 10.1.